The molecule has 0 bridgehead atoms. The molecule has 2 heteroatoms. The number of benzene rings is 2. The third-order valence-corrected chi connectivity index (χ3v) is 2.55. The van der Waals surface area contributed by atoms with Crippen molar-refractivity contribution in [3.63, 3.8) is 0 Å². The van der Waals surface area contributed by atoms with Crippen molar-refractivity contribution in [3.8, 4) is 11.5 Å². The topological polar surface area (TPSA) is 18.5 Å². The van der Waals surface area contributed by atoms with Crippen LogP contribution < -0.4 is 9.47 Å². The summed E-state index contributed by atoms with van der Waals surface area (Å²) < 4.78 is 10.8. The van der Waals surface area contributed by atoms with Crippen molar-refractivity contribution in [2.24, 2.45) is 0 Å². The highest BCUT2D eigenvalue weighted by atomic mass is 16.5. The minimum absolute atomic E-state index is 0.577. The monoisotopic (exact) mass is 258 g/mol. The van der Waals surface area contributed by atoms with E-state index in [1.54, 1.807) is 7.11 Å². The summed E-state index contributed by atoms with van der Waals surface area (Å²) >= 11 is 0. The summed E-state index contributed by atoms with van der Waals surface area (Å²) in [5, 5.41) is 0. The lowest BCUT2D eigenvalue weighted by atomic mass is 10.2. The fourth-order valence-corrected chi connectivity index (χ4v) is 1.59. The van der Waals surface area contributed by atoms with Gasteiger partial charge in [-0.1, -0.05) is 38.1 Å². The number of hydrogen-bond donors (Lipinski definition) is 0. The third kappa shape index (κ3) is 5.04. The standard InChI is InChI=1S/C15H16O2.C2H6/c1-12-4-3-5-15(10-12)17-11-13-6-8-14(16-2)9-7-13;1-2/h3-10H,11H2,1-2H3;1-2H3. The Bertz CT molecular complexity index is 475. The van der Waals surface area contributed by atoms with Gasteiger partial charge in [-0.3, -0.25) is 0 Å². The maximum absolute atomic E-state index is 5.71. The lowest BCUT2D eigenvalue weighted by Gasteiger charge is -2.07. The lowest BCUT2D eigenvalue weighted by molar-refractivity contribution is 0.306. The zero-order chi connectivity index (χ0) is 14.1. The van der Waals surface area contributed by atoms with E-state index >= 15 is 0 Å². The Labute approximate surface area is 116 Å². The molecule has 0 aliphatic rings. The first kappa shape index (κ1) is 15.1. The number of methoxy groups -OCH3 is 1. The van der Waals surface area contributed by atoms with Crippen LogP contribution in [-0.4, -0.2) is 7.11 Å². The van der Waals surface area contributed by atoms with Crippen molar-refractivity contribution in [1.29, 1.82) is 0 Å². The van der Waals surface area contributed by atoms with Gasteiger partial charge in [0.25, 0.3) is 0 Å². The summed E-state index contributed by atoms with van der Waals surface area (Å²) in [7, 11) is 1.66. The zero-order valence-electron chi connectivity index (χ0n) is 12.1. The molecule has 0 aliphatic carbocycles. The van der Waals surface area contributed by atoms with Gasteiger partial charge in [0.2, 0.25) is 0 Å². The molecule has 0 unspecified atom stereocenters. The Balaban J connectivity index is 0.000000861. The van der Waals surface area contributed by atoms with Gasteiger partial charge in [-0.25, -0.2) is 0 Å². The summed E-state index contributed by atoms with van der Waals surface area (Å²) in [6.07, 6.45) is 0. The van der Waals surface area contributed by atoms with Gasteiger partial charge >= 0.3 is 0 Å². The first-order chi connectivity index (χ1) is 9.28. The van der Waals surface area contributed by atoms with Gasteiger partial charge in [-0.05, 0) is 42.3 Å². The van der Waals surface area contributed by atoms with E-state index in [4.69, 9.17) is 9.47 Å². The quantitative estimate of drug-likeness (QED) is 0.797. The summed E-state index contributed by atoms with van der Waals surface area (Å²) in [6, 6.07) is 16.0. The molecule has 0 saturated heterocycles. The minimum Gasteiger partial charge on any atom is -0.497 e. The fraction of sp³-hybridized carbons (Fsp3) is 0.294. The number of ether oxygens (including phenoxy) is 2. The van der Waals surface area contributed by atoms with Crippen LogP contribution in [0.15, 0.2) is 48.5 Å². The Morgan fingerprint density at radius 3 is 2.16 bits per heavy atom. The van der Waals surface area contributed by atoms with E-state index in [0.29, 0.717) is 6.61 Å². The normalized spacial score (nSPS) is 9.26. The molecule has 19 heavy (non-hydrogen) atoms. The van der Waals surface area contributed by atoms with Crippen molar-refractivity contribution >= 4 is 0 Å². The molecular formula is C17H22O2. The molecule has 0 heterocycles. The van der Waals surface area contributed by atoms with Crippen molar-refractivity contribution in [2.75, 3.05) is 7.11 Å². The van der Waals surface area contributed by atoms with Crippen molar-refractivity contribution < 1.29 is 9.47 Å². The second-order valence-corrected chi connectivity index (χ2v) is 3.95. The molecule has 0 atom stereocenters. The largest absolute Gasteiger partial charge is 0.497 e. The highest BCUT2D eigenvalue weighted by Crippen LogP contribution is 2.16. The molecule has 2 rings (SSSR count). The Morgan fingerprint density at radius 2 is 1.58 bits per heavy atom. The predicted molar refractivity (Wildman–Crippen MR) is 79.9 cm³/mol. The SMILES string of the molecule is CC.COc1ccc(COc2cccc(C)c2)cc1. The molecule has 0 spiro atoms. The summed E-state index contributed by atoms with van der Waals surface area (Å²) in [5.74, 6) is 1.77. The van der Waals surface area contributed by atoms with Gasteiger partial charge < -0.3 is 9.47 Å². The summed E-state index contributed by atoms with van der Waals surface area (Å²) in [6.45, 7) is 6.63. The zero-order valence-corrected chi connectivity index (χ0v) is 12.1. The minimum atomic E-state index is 0.577. The maximum Gasteiger partial charge on any atom is 0.120 e. The molecule has 2 aromatic carbocycles. The van der Waals surface area contributed by atoms with Crippen molar-refractivity contribution in [2.45, 2.75) is 27.4 Å². The highest BCUT2D eigenvalue weighted by molar-refractivity contribution is 5.29. The molecule has 102 valence electrons. The highest BCUT2D eigenvalue weighted by Gasteiger charge is 1.97. The fourth-order valence-electron chi connectivity index (χ4n) is 1.59. The van der Waals surface area contributed by atoms with E-state index < -0.39 is 0 Å². The number of aryl methyl sites for hydroxylation is 1. The second-order valence-electron chi connectivity index (χ2n) is 3.95. The van der Waals surface area contributed by atoms with E-state index in [2.05, 4.69) is 13.0 Å². The number of hydrogen-bond acceptors (Lipinski definition) is 2. The smallest absolute Gasteiger partial charge is 0.120 e. The summed E-state index contributed by atoms with van der Waals surface area (Å²) in [4.78, 5) is 0. The Morgan fingerprint density at radius 1 is 0.895 bits per heavy atom. The average molecular weight is 258 g/mol. The molecule has 0 aliphatic heterocycles. The van der Waals surface area contributed by atoms with Gasteiger partial charge in [0.05, 0.1) is 7.11 Å². The van der Waals surface area contributed by atoms with Crippen LogP contribution in [0, 0.1) is 6.92 Å². The van der Waals surface area contributed by atoms with Crippen LogP contribution in [0.2, 0.25) is 0 Å². The third-order valence-electron chi connectivity index (χ3n) is 2.55. The Kier molecular flexibility index (Phi) is 6.51. The van der Waals surface area contributed by atoms with Crippen LogP contribution in [0.25, 0.3) is 0 Å². The molecule has 2 aromatic rings. The average Bonchev–Trinajstić information content (AvgIpc) is 2.48. The van der Waals surface area contributed by atoms with Gasteiger partial charge in [-0.2, -0.15) is 0 Å². The predicted octanol–water partition coefficient (Wildman–Crippen LogP) is 4.61. The summed E-state index contributed by atoms with van der Waals surface area (Å²) in [5.41, 5.74) is 2.34. The van der Waals surface area contributed by atoms with Gasteiger partial charge in [-0.15, -0.1) is 0 Å². The van der Waals surface area contributed by atoms with E-state index in [1.165, 1.54) is 5.56 Å². The maximum atomic E-state index is 5.71. The van der Waals surface area contributed by atoms with Crippen LogP contribution in [0.4, 0.5) is 0 Å². The van der Waals surface area contributed by atoms with Crippen LogP contribution in [0.5, 0.6) is 11.5 Å². The Hall–Kier alpha value is -1.96. The second kappa shape index (κ2) is 8.20. The van der Waals surface area contributed by atoms with E-state index in [0.717, 1.165) is 17.1 Å². The van der Waals surface area contributed by atoms with Gasteiger partial charge in [0.1, 0.15) is 18.1 Å². The van der Waals surface area contributed by atoms with Crippen molar-refractivity contribution in [3.05, 3.63) is 59.7 Å². The molecule has 0 amide bonds. The number of rotatable bonds is 4. The molecule has 0 N–H and O–H groups in total. The lowest BCUT2D eigenvalue weighted by Crippen LogP contribution is -1.95. The van der Waals surface area contributed by atoms with Crippen LogP contribution in [-0.2, 0) is 6.61 Å². The molecular weight excluding hydrogens is 236 g/mol. The molecule has 2 nitrogen and oxygen atoms in total. The molecule has 0 radical (unpaired) electrons. The van der Waals surface area contributed by atoms with Gasteiger partial charge in [0, 0.05) is 0 Å². The van der Waals surface area contributed by atoms with E-state index in [1.807, 2.05) is 56.3 Å². The molecule has 0 aromatic heterocycles. The molecule has 0 fully saturated rings. The van der Waals surface area contributed by atoms with E-state index in [-0.39, 0.29) is 0 Å². The molecule has 0 saturated carbocycles. The van der Waals surface area contributed by atoms with Crippen molar-refractivity contribution in [1.82, 2.24) is 0 Å². The van der Waals surface area contributed by atoms with Crippen LogP contribution in [0.3, 0.4) is 0 Å². The van der Waals surface area contributed by atoms with Gasteiger partial charge in [0.15, 0.2) is 0 Å². The first-order valence-electron chi connectivity index (χ1n) is 6.60. The van der Waals surface area contributed by atoms with Crippen LogP contribution in [0.1, 0.15) is 25.0 Å². The first-order valence-corrected chi connectivity index (χ1v) is 6.60. The van der Waals surface area contributed by atoms with Crippen LogP contribution >= 0.6 is 0 Å². The van der Waals surface area contributed by atoms with E-state index in [9.17, 15) is 0 Å².